The highest BCUT2D eigenvalue weighted by Crippen LogP contribution is 2.10. The summed E-state index contributed by atoms with van der Waals surface area (Å²) in [4.78, 5) is 0. The summed E-state index contributed by atoms with van der Waals surface area (Å²) in [5.41, 5.74) is 2.28. The topological polar surface area (TPSA) is 0 Å². The van der Waals surface area contributed by atoms with Crippen LogP contribution in [0.1, 0.15) is 11.1 Å². The van der Waals surface area contributed by atoms with Gasteiger partial charge in [0.1, 0.15) is 0 Å². The first kappa shape index (κ1) is 6.94. The third-order valence-electron chi connectivity index (χ3n) is 1.73. The fourth-order valence-corrected chi connectivity index (χ4v) is 1.14. The first-order chi connectivity index (χ1) is 5.97. The molecule has 0 heteroatoms. The van der Waals surface area contributed by atoms with Gasteiger partial charge < -0.3 is 0 Å². The van der Waals surface area contributed by atoms with E-state index in [4.69, 9.17) is 0 Å². The Labute approximate surface area is 72.2 Å². The van der Waals surface area contributed by atoms with Crippen LogP contribution >= 0.6 is 0 Å². The molecule has 0 unspecified atom stereocenters. The van der Waals surface area contributed by atoms with Crippen molar-refractivity contribution >= 4 is 6.08 Å². The minimum atomic E-state index is 1.10. The van der Waals surface area contributed by atoms with E-state index in [0.29, 0.717) is 0 Å². The number of rotatable bonds is 0. The van der Waals surface area contributed by atoms with Crippen LogP contribution in [-0.2, 0) is 0 Å². The molecule has 0 N–H and O–H groups in total. The van der Waals surface area contributed by atoms with Gasteiger partial charge in [-0.1, -0.05) is 48.3 Å². The molecule has 56 valence electrons. The summed E-state index contributed by atoms with van der Waals surface area (Å²) < 4.78 is 0. The second kappa shape index (κ2) is 3.11. The number of hydrogen-bond acceptors (Lipinski definition) is 0. The average molecular weight is 152 g/mol. The highest BCUT2D eigenvalue weighted by atomic mass is 14.0. The molecule has 0 bridgehead atoms. The van der Waals surface area contributed by atoms with Crippen LogP contribution in [0.5, 0.6) is 0 Å². The largest absolute Gasteiger partial charge is 0.0696 e. The second-order valence-corrected chi connectivity index (χ2v) is 2.57. The number of fused-ring (bicyclic) bond motifs is 1. The Bertz CT molecular complexity index is 398. The molecule has 12 heavy (non-hydrogen) atoms. The van der Waals surface area contributed by atoms with Crippen molar-refractivity contribution < 1.29 is 0 Å². The average Bonchev–Trinajstić information content (AvgIpc) is 2.06. The second-order valence-electron chi connectivity index (χ2n) is 2.57. The van der Waals surface area contributed by atoms with E-state index in [-0.39, 0.29) is 0 Å². The maximum atomic E-state index is 3.08. The SMILES string of the molecule is C1#Cc2ccccc2/C=C\C=C/1. The number of benzene rings is 1. The lowest BCUT2D eigenvalue weighted by Crippen LogP contribution is -1.80. The van der Waals surface area contributed by atoms with Crippen molar-refractivity contribution in [1.29, 1.82) is 0 Å². The molecule has 0 aliphatic heterocycles. The zero-order valence-electron chi connectivity index (χ0n) is 6.62. The summed E-state index contributed by atoms with van der Waals surface area (Å²) in [6, 6.07) is 8.13. The fourth-order valence-electron chi connectivity index (χ4n) is 1.14. The van der Waals surface area contributed by atoms with Crippen LogP contribution in [0, 0.1) is 11.8 Å². The van der Waals surface area contributed by atoms with Crippen LogP contribution in [0.2, 0.25) is 0 Å². The van der Waals surface area contributed by atoms with E-state index in [9.17, 15) is 0 Å². The van der Waals surface area contributed by atoms with Crippen LogP contribution in [0.3, 0.4) is 0 Å². The van der Waals surface area contributed by atoms with Gasteiger partial charge in [0, 0.05) is 5.56 Å². The van der Waals surface area contributed by atoms with Crippen molar-refractivity contribution in [3.05, 3.63) is 53.6 Å². The van der Waals surface area contributed by atoms with Crippen LogP contribution in [-0.4, -0.2) is 0 Å². The molecule has 0 fully saturated rings. The van der Waals surface area contributed by atoms with Crippen molar-refractivity contribution in [3.63, 3.8) is 0 Å². The Balaban J connectivity index is 2.59. The van der Waals surface area contributed by atoms with Gasteiger partial charge in [-0.25, -0.2) is 0 Å². The third-order valence-corrected chi connectivity index (χ3v) is 1.73. The first-order valence-electron chi connectivity index (χ1n) is 3.90. The molecule has 1 aliphatic rings. The summed E-state index contributed by atoms with van der Waals surface area (Å²) in [5.74, 6) is 6.04. The molecular formula is C12H8. The molecule has 0 aromatic heterocycles. The summed E-state index contributed by atoms with van der Waals surface area (Å²) in [6.45, 7) is 0. The summed E-state index contributed by atoms with van der Waals surface area (Å²) in [5, 5.41) is 0. The predicted molar refractivity (Wildman–Crippen MR) is 51.5 cm³/mol. The van der Waals surface area contributed by atoms with Crippen LogP contribution in [0.15, 0.2) is 42.5 Å². The minimum Gasteiger partial charge on any atom is -0.0696 e. The zero-order valence-corrected chi connectivity index (χ0v) is 6.62. The summed E-state index contributed by atoms with van der Waals surface area (Å²) in [7, 11) is 0. The predicted octanol–water partition coefficient (Wildman–Crippen LogP) is 2.62. The van der Waals surface area contributed by atoms with Gasteiger partial charge in [-0.3, -0.25) is 0 Å². The molecule has 2 rings (SSSR count). The maximum absolute atomic E-state index is 3.08. The van der Waals surface area contributed by atoms with Crippen molar-refractivity contribution in [2.24, 2.45) is 0 Å². The van der Waals surface area contributed by atoms with E-state index in [0.717, 1.165) is 5.56 Å². The molecule has 0 spiro atoms. The highest BCUT2D eigenvalue weighted by molar-refractivity contribution is 5.61. The van der Waals surface area contributed by atoms with Gasteiger partial charge >= 0.3 is 0 Å². The Morgan fingerprint density at radius 3 is 2.92 bits per heavy atom. The van der Waals surface area contributed by atoms with Crippen molar-refractivity contribution in [1.82, 2.24) is 0 Å². The molecule has 0 amide bonds. The molecule has 1 aliphatic carbocycles. The fraction of sp³-hybridized carbons (Fsp3) is 0. The molecule has 0 atom stereocenters. The molecule has 0 radical (unpaired) electrons. The third kappa shape index (κ3) is 1.31. The molecule has 0 saturated carbocycles. The quantitative estimate of drug-likeness (QED) is 0.501. The summed E-state index contributed by atoms with van der Waals surface area (Å²) >= 11 is 0. The molecule has 1 aromatic rings. The Kier molecular flexibility index (Phi) is 1.80. The normalized spacial score (nSPS) is 17.7. The van der Waals surface area contributed by atoms with Crippen LogP contribution < -0.4 is 0 Å². The van der Waals surface area contributed by atoms with Crippen molar-refractivity contribution in [3.8, 4) is 11.8 Å². The first-order valence-corrected chi connectivity index (χ1v) is 3.90. The van der Waals surface area contributed by atoms with Gasteiger partial charge in [0.15, 0.2) is 0 Å². The number of hydrogen-bond donors (Lipinski definition) is 0. The molecular weight excluding hydrogens is 144 g/mol. The minimum absolute atomic E-state index is 1.10. The van der Waals surface area contributed by atoms with E-state index in [1.807, 2.05) is 36.4 Å². The van der Waals surface area contributed by atoms with E-state index in [2.05, 4.69) is 24.0 Å². The Hall–Kier alpha value is -1.74. The van der Waals surface area contributed by atoms with E-state index >= 15 is 0 Å². The molecule has 0 nitrogen and oxygen atoms in total. The summed E-state index contributed by atoms with van der Waals surface area (Å²) in [6.07, 6.45) is 7.88. The van der Waals surface area contributed by atoms with Gasteiger partial charge in [0.25, 0.3) is 0 Å². The van der Waals surface area contributed by atoms with Gasteiger partial charge in [-0.05, 0) is 17.7 Å². The van der Waals surface area contributed by atoms with Gasteiger partial charge in [0.2, 0.25) is 0 Å². The highest BCUT2D eigenvalue weighted by Gasteiger charge is 1.93. The van der Waals surface area contributed by atoms with Gasteiger partial charge in [-0.15, -0.1) is 0 Å². The van der Waals surface area contributed by atoms with Crippen LogP contribution in [0.25, 0.3) is 6.08 Å². The maximum Gasteiger partial charge on any atom is 0.0321 e. The standard InChI is InChI=1S/C12H8/c1-2-4-8-12-10-6-5-9-11(12)7-3-1/h1-3,5-7,9-10H/b2-1-,3-1?,7-3-,11-7?. The smallest absolute Gasteiger partial charge is 0.0321 e. The molecule has 0 saturated heterocycles. The Morgan fingerprint density at radius 2 is 1.92 bits per heavy atom. The van der Waals surface area contributed by atoms with Crippen molar-refractivity contribution in [2.45, 2.75) is 0 Å². The Morgan fingerprint density at radius 1 is 1.00 bits per heavy atom. The molecule has 0 heterocycles. The van der Waals surface area contributed by atoms with E-state index < -0.39 is 0 Å². The molecule has 1 aromatic carbocycles. The lowest BCUT2D eigenvalue weighted by molar-refractivity contribution is 1.59. The lowest BCUT2D eigenvalue weighted by atomic mass is 10.1. The van der Waals surface area contributed by atoms with Crippen LogP contribution in [0.4, 0.5) is 0 Å². The van der Waals surface area contributed by atoms with Gasteiger partial charge in [0.05, 0.1) is 0 Å². The number of allylic oxidation sites excluding steroid dienone is 3. The lowest BCUT2D eigenvalue weighted by Gasteiger charge is -1.97. The van der Waals surface area contributed by atoms with Crippen molar-refractivity contribution in [2.75, 3.05) is 0 Å². The zero-order chi connectivity index (χ0) is 8.23. The van der Waals surface area contributed by atoms with E-state index in [1.54, 1.807) is 0 Å². The monoisotopic (exact) mass is 152 g/mol. The van der Waals surface area contributed by atoms with Gasteiger partial charge in [-0.2, -0.15) is 0 Å². The van der Waals surface area contributed by atoms with E-state index in [1.165, 1.54) is 5.56 Å².